The summed E-state index contributed by atoms with van der Waals surface area (Å²) in [5.41, 5.74) is 0.998. The van der Waals surface area contributed by atoms with Gasteiger partial charge >= 0.3 is 6.18 Å². The minimum absolute atomic E-state index is 0.171. The van der Waals surface area contributed by atoms with Crippen molar-refractivity contribution in [2.45, 2.75) is 6.18 Å². The molecule has 0 bridgehead atoms. The van der Waals surface area contributed by atoms with Gasteiger partial charge in [-0.2, -0.15) is 13.2 Å². The van der Waals surface area contributed by atoms with Gasteiger partial charge < -0.3 is 5.32 Å². The van der Waals surface area contributed by atoms with Gasteiger partial charge in [0.2, 0.25) is 0 Å². The van der Waals surface area contributed by atoms with Crippen molar-refractivity contribution >= 4 is 33.8 Å². The Labute approximate surface area is 160 Å². The molecule has 0 saturated heterocycles. The zero-order chi connectivity index (χ0) is 19.7. The molecule has 0 aliphatic carbocycles. The zero-order valence-electron chi connectivity index (χ0n) is 14.1. The molecular formula is C19H11F3N4OS. The molecule has 0 atom stereocenters. The molecule has 9 heteroatoms. The number of fused-ring (bicyclic) bond motifs is 1. The van der Waals surface area contributed by atoms with E-state index in [1.165, 1.54) is 11.3 Å². The lowest BCUT2D eigenvalue weighted by Gasteiger charge is -2.08. The largest absolute Gasteiger partial charge is 0.433 e. The Morgan fingerprint density at radius 3 is 2.54 bits per heavy atom. The van der Waals surface area contributed by atoms with E-state index < -0.39 is 17.8 Å². The number of amides is 1. The molecular weight excluding hydrogens is 389 g/mol. The van der Waals surface area contributed by atoms with E-state index in [0.717, 1.165) is 34.3 Å². The second kappa shape index (κ2) is 7.01. The molecule has 140 valence electrons. The Morgan fingerprint density at radius 1 is 1.00 bits per heavy atom. The number of nitrogens with one attached hydrogen (secondary N) is 1. The molecule has 1 aromatic carbocycles. The van der Waals surface area contributed by atoms with Crippen molar-refractivity contribution in [3.05, 3.63) is 71.6 Å². The van der Waals surface area contributed by atoms with Crippen LogP contribution in [0.4, 0.5) is 18.9 Å². The van der Waals surface area contributed by atoms with Crippen LogP contribution in [0.3, 0.4) is 0 Å². The van der Waals surface area contributed by atoms with Gasteiger partial charge in [0.15, 0.2) is 0 Å². The SMILES string of the molecule is O=C(Nc1ccc(C(F)(F)F)nc1)c1ccc2cc(-c3nccs3)cnc2c1. The predicted molar refractivity (Wildman–Crippen MR) is 100 cm³/mol. The third-order valence-electron chi connectivity index (χ3n) is 3.94. The minimum atomic E-state index is -4.52. The van der Waals surface area contributed by atoms with Gasteiger partial charge in [-0.05, 0) is 30.3 Å². The van der Waals surface area contributed by atoms with Crippen LogP contribution in [0.25, 0.3) is 21.5 Å². The fourth-order valence-electron chi connectivity index (χ4n) is 2.58. The lowest BCUT2D eigenvalue weighted by molar-refractivity contribution is -0.141. The first-order valence-electron chi connectivity index (χ1n) is 8.04. The van der Waals surface area contributed by atoms with E-state index >= 15 is 0 Å². The summed E-state index contributed by atoms with van der Waals surface area (Å²) in [6.45, 7) is 0. The minimum Gasteiger partial charge on any atom is -0.321 e. The first kappa shape index (κ1) is 18.1. The van der Waals surface area contributed by atoms with Crippen molar-refractivity contribution < 1.29 is 18.0 Å². The van der Waals surface area contributed by atoms with Gasteiger partial charge in [0.25, 0.3) is 5.91 Å². The average molecular weight is 400 g/mol. The van der Waals surface area contributed by atoms with Crippen molar-refractivity contribution in [2.75, 3.05) is 5.32 Å². The first-order chi connectivity index (χ1) is 13.4. The number of halogens is 3. The lowest BCUT2D eigenvalue weighted by Crippen LogP contribution is -2.13. The second-order valence-electron chi connectivity index (χ2n) is 5.85. The van der Waals surface area contributed by atoms with Crippen molar-refractivity contribution in [1.82, 2.24) is 15.0 Å². The zero-order valence-corrected chi connectivity index (χ0v) is 14.9. The van der Waals surface area contributed by atoms with Crippen LogP contribution in [0, 0.1) is 0 Å². The average Bonchev–Trinajstić information content (AvgIpc) is 3.21. The van der Waals surface area contributed by atoms with Gasteiger partial charge in [-0.25, -0.2) is 9.97 Å². The summed E-state index contributed by atoms with van der Waals surface area (Å²) in [5, 5.41) is 6.11. The number of rotatable bonds is 3. The molecule has 0 aliphatic rings. The van der Waals surface area contributed by atoms with Gasteiger partial charge in [0.1, 0.15) is 10.7 Å². The summed E-state index contributed by atoms with van der Waals surface area (Å²) in [6.07, 6.45) is -0.152. The van der Waals surface area contributed by atoms with E-state index in [1.807, 2.05) is 11.4 Å². The molecule has 4 aromatic rings. The quantitative estimate of drug-likeness (QED) is 0.524. The molecule has 5 nitrogen and oxygen atoms in total. The highest BCUT2D eigenvalue weighted by atomic mass is 32.1. The molecule has 0 aliphatic heterocycles. The van der Waals surface area contributed by atoms with E-state index in [1.54, 1.807) is 30.6 Å². The van der Waals surface area contributed by atoms with E-state index in [2.05, 4.69) is 20.3 Å². The van der Waals surface area contributed by atoms with E-state index in [4.69, 9.17) is 0 Å². The topological polar surface area (TPSA) is 67.8 Å². The van der Waals surface area contributed by atoms with Gasteiger partial charge in [-0.1, -0.05) is 6.07 Å². The van der Waals surface area contributed by atoms with Crippen LogP contribution < -0.4 is 5.32 Å². The molecule has 0 saturated carbocycles. The standard InChI is InChI=1S/C19H11F3N4OS/c20-19(21,22)16-4-3-14(10-25-16)26-17(27)12-2-1-11-7-13(9-24-15(11)8-12)18-23-5-6-28-18/h1-10H,(H,26,27). The van der Waals surface area contributed by atoms with Gasteiger partial charge in [0, 0.05) is 34.3 Å². The fraction of sp³-hybridized carbons (Fsp3) is 0.0526. The Morgan fingerprint density at radius 2 is 1.86 bits per heavy atom. The van der Waals surface area contributed by atoms with Crippen LogP contribution >= 0.6 is 11.3 Å². The molecule has 28 heavy (non-hydrogen) atoms. The van der Waals surface area contributed by atoms with Crippen molar-refractivity contribution in [1.29, 1.82) is 0 Å². The number of hydrogen-bond donors (Lipinski definition) is 1. The van der Waals surface area contributed by atoms with E-state index in [9.17, 15) is 18.0 Å². The van der Waals surface area contributed by atoms with Gasteiger partial charge in [-0.3, -0.25) is 9.78 Å². The first-order valence-corrected chi connectivity index (χ1v) is 8.92. The number of aromatic nitrogens is 3. The molecule has 1 N–H and O–H groups in total. The summed E-state index contributed by atoms with van der Waals surface area (Å²) < 4.78 is 37.7. The maximum Gasteiger partial charge on any atom is 0.433 e. The van der Waals surface area contributed by atoms with Crippen LogP contribution in [0.5, 0.6) is 0 Å². The smallest absolute Gasteiger partial charge is 0.321 e. The number of anilines is 1. The number of alkyl halides is 3. The van der Waals surface area contributed by atoms with Crippen LogP contribution in [0.15, 0.2) is 60.4 Å². The molecule has 4 rings (SSSR count). The maximum atomic E-state index is 12.6. The number of carbonyl (C=O) groups is 1. The third-order valence-corrected chi connectivity index (χ3v) is 4.76. The number of carbonyl (C=O) groups excluding carboxylic acids is 1. The Bertz CT molecular complexity index is 1140. The van der Waals surface area contributed by atoms with Crippen LogP contribution in [-0.4, -0.2) is 20.9 Å². The normalized spacial score (nSPS) is 11.5. The summed E-state index contributed by atoms with van der Waals surface area (Å²) >= 11 is 1.50. The predicted octanol–water partition coefficient (Wildman–Crippen LogP) is 5.02. The Kier molecular flexibility index (Phi) is 4.52. The van der Waals surface area contributed by atoms with Crippen LogP contribution in [0.1, 0.15) is 16.1 Å². The Balaban J connectivity index is 1.55. The lowest BCUT2D eigenvalue weighted by atomic mass is 10.1. The summed E-state index contributed by atoms with van der Waals surface area (Å²) in [5.74, 6) is -0.464. The summed E-state index contributed by atoms with van der Waals surface area (Å²) in [7, 11) is 0. The number of hydrogen-bond acceptors (Lipinski definition) is 5. The molecule has 0 fully saturated rings. The highest BCUT2D eigenvalue weighted by molar-refractivity contribution is 7.13. The molecule has 3 aromatic heterocycles. The monoisotopic (exact) mass is 400 g/mol. The highest BCUT2D eigenvalue weighted by Gasteiger charge is 2.32. The number of pyridine rings is 2. The highest BCUT2D eigenvalue weighted by Crippen LogP contribution is 2.28. The summed E-state index contributed by atoms with van der Waals surface area (Å²) in [6, 6.07) is 8.92. The van der Waals surface area contributed by atoms with Gasteiger partial charge in [-0.15, -0.1) is 11.3 Å². The number of thiazole rings is 1. The van der Waals surface area contributed by atoms with E-state index in [0.29, 0.717) is 11.1 Å². The molecule has 0 spiro atoms. The van der Waals surface area contributed by atoms with Crippen molar-refractivity contribution in [3.63, 3.8) is 0 Å². The molecule has 1 amide bonds. The van der Waals surface area contributed by atoms with E-state index in [-0.39, 0.29) is 5.69 Å². The number of benzene rings is 1. The molecule has 3 heterocycles. The molecule has 0 unspecified atom stereocenters. The van der Waals surface area contributed by atoms with Gasteiger partial charge in [0.05, 0.1) is 17.4 Å². The Hall–Kier alpha value is -3.33. The van der Waals surface area contributed by atoms with Crippen molar-refractivity contribution in [2.24, 2.45) is 0 Å². The van der Waals surface area contributed by atoms with Crippen LogP contribution in [0.2, 0.25) is 0 Å². The number of nitrogens with zero attached hydrogens (tertiary/aromatic N) is 3. The second-order valence-corrected chi connectivity index (χ2v) is 6.75. The third kappa shape index (κ3) is 3.70. The molecule has 0 radical (unpaired) electrons. The van der Waals surface area contributed by atoms with Crippen molar-refractivity contribution in [3.8, 4) is 10.6 Å². The fourth-order valence-corrected chi connectivity index (χ4v) is 3.20. The summed E-state index contributed by atoms with van der Waals surface area (Å²) in [4.78, 5) is 24.3. The van der Waals surface area contributed by atoms with Crippen LogP contribution in [-0.2, 0) is 6.18 Å². The maximum absolute atomic E-state index is 12.6.